The third-order valence-corrected chi connectivity index (χ3v) is 1.91. The van der Waals surface area contributed by atoms with Gasteiger partial charge in [0.1, 0.15) is 0 Å². The summed E-state index contributed by atoms with van der Waals surface area (Å²) >= 11 is 0. The molecule has 5 nitrogen and oxygen atoms in total. The molecule has 1 aliphatic heterocycles. The number of ether oxygens (including phenoxy) is 2. The van der Waals surface area contributed by atoms with Crippen molar-refractivity contribution in [2.75, 3.05) is 19.8 Å². The Labute approximate surface area is 77.6 Å². The van der Waals surface area contributed by atoms with Crippen LogP contribution >= 0.6 is 0 Å². The summed E-state index contributed by atoms with van der Waals surface area (Å²) in [7, 11) is 0. The maximum atomic E-state index is 8.22. The van der Waals surface area contributed by atoms with E-state index >= 15 is 0 Å². The number of hydrogen-bond donors (Lipinski definition) is 0. The Morgan fingerprint density at radius 2 is 2.08 bits per heavy atom. The van der Waals surface area contributed by atoms with Crippen molar-refractivity contribution in [3.05, 3.63) is 10.4 Å². The molecule has 1 aliphatic rings. The summed E-state index contributed by atoms with van der Waals surface area (Å²) in [6.07, 6.45) is 0.770. The third kappa shape index (κ3) is 2.88. The first-order valence-electron chi connectivity index (χ1n) is 4.47. The Hall–Kier alpha value is -0.770. The zero-order chi connectivity index (χ0) is 9.73. The van der Waals surface area contributed by atoms with E-state index in [4.69, 9.17) is 15.0 Å². The van der Waals surface area contributed by atoms with E-state index in [0.29, 0.717) is 19.1 Å². The van der Waals surface area contributed by atoms with Crippen molar-refractivity contribution >= 4 is 0 Å². The zero-order valence-corrected chi connectivity index (χ0v) is 8.06. The molecular weight excluding hydrogens is 170 g/mol. The summed E-state index contributed by atoms with van der Waals surface area (Å²) in [6, 6.07) is 0. The molecular formula is C8H15N3O2. The molecule has 0 radical (unpaired) electrons. The van der Waals surface area contributed by atoms with E-state index in [9.17, 15) is 0 Å². The van der Waals surface area contributed by atoms with Crippen LogP contribution in [0.4, 0.5) is 0 Å². The summed E-state index contributed by atoms with van der Waals surface area (Å²) in [5, 5.41) is 3.51. The third-order valence-electron chi connectivity index (χ3n) is 1.91. The van der Waals surface area contributed by atoms with Gasteiger partial charge in [0.2, 0.25) is 0 Å². The highest BCUT2D eigenvalue weighted by Gasteiger charge is 2.36. The molecule has 0 aromatic carbocycles. The molecule has 0 saturated carbocycles. The van der Waals surface area contributed by atoms with Gasteiger partial charge in [0.25, 0.3) is 0 Å². The van der Waals surface area contributed by atoms with E-state index in [1.807, 2.05) is 0 Å². The van der Waals surface area contributed by atoms with Crippen molar-refractivity contribution in [3.8, 4) is 0 Å². The molecule has 0 bridgehead atoms. The Bertz CT molecular complexity index is 205. The van der Waals surface area contributed by atoms with Crippen LogP contribution in [-0.2, 0) is 9.47 Å². The van der Waals surface area contributed by atoms with Gasteiger partial charge in [0.05, 0.1) is 19.8 Å². The second kappa shape index (κ2) is 4.46. The van der Waals surface area contributed by atoms with Gasteiger partial charge in [-0.05, 0) is 11.4 Å². The van der Waals surface area contributed by atoms with Crippen molar-refractivity contribution in [2.24, 2.45) is 11.0 Å². The molecule has 1 saturated heterocycles. The lowest BCUT2D eigenvalue weighted by Crippen LogP contribution is -2.35. The molecule has 0 spiro atoms. The fraction of sp³-hybridized carbons (Fsp3) is 1.00. The van der Waals surface area contributed by atoms with Crippen LogP contribution in [0.2, 0.25) is 0 Å². The van der Waals surface area contributed by atoms with Gasteiger partial charge in [-0.2, -0.15) is 0 Å². The molecule has 1 rings (SSSR count). The molecule has 13 heavy (non-hydrogen) atoms. The second-order valence-electron chi connectivity index (χ2n) is 3.59. The second-order valence-corrected chi connectivity index (χ2v) is 3.59. The lowest BCUT2D eigenvalue weighted by Gasteiger charge is -2.27. The normalized spacial score (nSPS) is 20.2. The first-order chi connectivity index (χ1) is 6.18. The van der Waals surface area contributed by atoms with E-state index in [0.717, 1.165) is 6.42 Å². The Morgan fingerprint density at radius 1 is 1.46 bits per heavy atom. The number of azide groups is 1. The minimum absolute atomic E-state index is 0.266. The predicted molar refractivity (Wildman–Crippen MR) is 48.1 cm³/mol. The van der Waals surface area contributed by atoms with Crippen molar-refractivity contribution in [1.29, 1.82) is 0 Å². The summed E-state index contributed by atoms with van der Waals surface area (Å²) in [4.78, 5) is 2.72. The molecule has 1 heterocycles. The molecule has 0 aromatic heterocycles. The topological polar surface area (TPSA) is 67.2 Å². The molecule has 5 heteroatoms. The van der Waals surface area contributed by atoms with Crippen molar-refractivity contribution < 1.29 is 9.47 Å². The quantitative estimate of drug-likeness (QED) is 0.382. The summed E-state index contributed by atoms with van der Waals surface area (Å²) in [6.45, 7) is 5.62. The van der Waals surface area contributed by atoms with Crippen molar-refractivity contribution in [2.45, 2.75) is 26.1 Å². The van der Waals surface area contributed by atoms with Gasteiger partial charge in [0.15, 0.2) is 5.79 Å². The smallest absolute Gasteiger partial charge is 0.174 e. The molecule has 0 unspecified atom stereocenters. The highest BCUT2D eigenvalue weighted by atomic mass is 16.7. The highest BCUT2D eigenvalue weighted by molar-refractivity contribution is 4.78. The van der Waals surface area contributed by atoms with Crippen LogP contribution in [0, 0.1) is 5.92 Å². The van der Waals surface area contributed by atoms with Gasteiger partial charge < -0.3 is 9.47 Å². The largest absolute Gasteiger partial charge is 0.347 e. The summed E-state index contributed by atoms with van der Waals surface area (Å²) in [5.41, 5.74) is 8.22. The standard InChI is InChI=1S/C8H15N3O2/c1-7(2)5-8(6-10-11-9)12-3-4-13-8/h7H,3-6H2,1-2H3. The monoisotopic (exact) mass is 185 g/mol. The molecule has 0 N–H and O–H groups in total. The maximum absolute atomic E-state index is 8.22. The average Bonchev–Trinajstić information content (AvgIpc) is 2.49. The Morgan fingerprint density at radius 3 is 2.54 bits per heavy atom. The Balaban J connectivity index is 2.57. The van der Waals surface area contributed by atoms with E-state index in [-0.39, 0.29) is 6.54 Å². The maximum Gasteiger partial charge on any atom is 0.174 e. The van der Waals surface area contributed by atoms with Gasteiger partial charge >= 0.3 is 0 Å². The zero-order valence-electron chi connectivity index (χ0n) is 8.06. The molecule has 0 amide bonds. The molecule has 0 atom stereocenters. The van der Waals surface area contributed by atoms with E-state index in [2.05, 4.69) is 23.9 Å². The molecule has 0 aliphatic carbocycles. The minimum atomic E-state index is -0.652. The van der Waals surface area contributed by atoms with Crippen LogP contribution in [-0.4, -0.2) is 25.5 Å². The average molecular weight is 185 g/mol. The lowest BCUT2D eigenvalue weighted by atomic mass is 10.0. The molecule has 74 valence electrons. The van der Waals surface area contributed by atoms with Crippen LogP contribution in [0.3, 0.4) is 0 Å². The predicted octanol–water partition coefficient (Wildman–Crippen LogP) is 2.09. The summed E-state index contributed by atoms with van der Waals surface area (Å²) in [5.74, 6) is -0.188. The first kappa shape index (κ1) is 10.3. The first-order valence-corrected chi connectivity index (χ1v) is 4.47. The fourth-order valence-electron chi connectivity index (χ4n) is 1.53. The van der Waals surface area contributed by atoms with Crippen molar-refractivity contribution in [3.63, 3.8) is 0 Å². The van der Waals surface area contributed by atoms with Crippen LogP contribution in [0.15, 0.2) is 5.11 Å². The van der Waals surface area contributed by atoms with Crippen LogP contribution in [0.25, 0.3) is 10.4 Å². The SMILES string of the molecule is CC(C)CC1(CN=[N+]=[N-])OCCO1. The fourth-order valence-corrected chi connectivity index (χ4v) is 1.53. The molecule has 1 fully saturated rings. The number of hydrogen-bond acceptors (Lipinski definition) is 3. The van der Waals surface area contributed by atoms with Gasteiger partial charge in [0, 0.05) is 11.3 Å². The van der Waals surface area contributed by atoms with Crippen molar-refractivity contribution in [1.82, 2.24) is 0 Å². The highest BCUT2D eigenvalue weighted by Crippen LogP contribution is 2.27. The number of nitrogens with zero attached hydrogens (tertiary/aromatic N) is 3. The van der Waals surface area contributed by atoms with Gasteiger partial charge in [-0.15, -0.1) is 0 Å². The van der Waals surface area contributed by atoms with Gasteiger partial charge in [-0.1, -0.05) is 19.0 Å². The van der Waals surface area contributed by atoms with Crippen LogP contribution in [0.5, 0.6) is 0 Å². The number of rotatable bonds is 4. The Kier molecular flexibility index (Phi) is 3.54. The minimum Gasteiger partial charge on any atom is -0.347 e. The van der Waals surface area contributed by atoms with Crippen LogP contribution in [0.1, 0.15) is 20.3 Å². The van der Waals surface area contributed by atoms with E-state index in [1.54, 1.807) is 0 Å². The summed E-state index contributed by atoms with van der Waals surface area (Å²) < 4.78 is 10.9. The lowest BCUT2D eigenvalue weighted by molar-refractivity contribution is -0.159. The van der Waals surface area contributed by atoms with E-state index in [1.165, 1.54) is 0 Å². The van der Waals surface area contributed by atoms with E-state index < -0.39 is 5.79 Å². The van der Waals surface area contributed by atoms with Gasteiger partial charge in [-0.3, -0.25) is 0 Å². The van der Waals surface area contributed by atoms with Crippen LogP contribution < -0.4 is 0 Å². The van der Waals surface area contributed by atoms with Gasteiger partial charge in [-0.25, -0.2) is 0 Å². The molecule has 0 aromatic rings.